The van der Waals surface area contributed by atoms with E-state index in [4.69, 9.17) is 9.26 Å². The van der Waals surface area contributed by atoms with Gasteiger partial charge in [-0.25, -0.2) is 0 Å². The van der Waals surface area contributed by atoms with E-state index >= 15 is 0 Å². The van der Waals surface area contributed by atoms with Crippen LogP contribution in [0.4, 0.5) is 0 Å². The fourth-order valence-electron chi connectivity index (χ4n) is 3.38. The molecule has 1 fully saturated rings. The van der Waals surface area contributed by atoms with Crippen molar-refractivity contribution in [1.82, 2.24) is 20.3 Å². The minimum absolute atomic E-state index is 0.112. The lowest BCUT2D eigenvalue weighted by Gasteiger charge is -2.34. The summed E-state index contributed by atoms with van der Waals surface area (Å²) >= 11 is 0. The Morgan fingerprint density at radius 1 is 1.28 bits per heavy atom. The molecule has 2 aromatic rings. The number of amides is 2. The number of hydrogen-bond donors (Lipinski definition) is 1. The van der Waals surface area contributed by atoms with Crippen molar-refractivity contribution in [3.05, 3.63) is 36.0 Å². The normalized spacial score (nSPS) is 16.7. The second kappa shape index (κ2) is 9.56. The summed E-state index contributed by atoms with van der Waals surface area (Å²) in [5.74, 6) is 0.848. The third-order valence-corrected chi connectivity index (χ3v) is 5.03. The molecule has 1 N–H and O–H groups in total. The molecule has 1 aromatic heterocycles. The molecule has 1 aliphatic heterocycles. The van der Waals surface area contributed by atoms with E-state index in [0.29, 0.717) is 25.3 Å². The van der Waals surface area contributed by atoms with Gasteiger partial charge in [-0.15, -0.1) is 0 Å². The van der Waals surface area contributed by atoms with Crippen molar-refractivity contribution in [1.29, 1.82) is 0 Å². The number of piperidine rings is 1. The van der Waals surface area contributed by atoms with Gasteiger partial charge in [0.1, 0.15) is 11.8 Å². The van der Waals surface area contributed by atoms with Gasteiger partial charge in [-0.3, -0.25) is 9.59 Å². The minimum atomic E-state index is -0.473. The SMILES string of the molecule is COc1ccc(-c2cc(C(=O)N3CCCCC3C(=O)NCCN(C)C)no2)cc1. The van der Waals surface area contributed by atoms with E-state index in [0.717, 1.165) is 30.7 Å². The average molecular weight is 400 g/mol. The Labute approximate surface area is 170 Å². The Morgan fingerprint density at radius 3 is 2.72 bits per heavy atom. The van der Waals surface area contributed by atoms with Crippen molar-refractivity contribution in [3.8, 4) is 17.1 Å². The number of nitrogens with zero attached hydrogens (tertiary/aromatic N) is 3. The Hall–Kier alpha value is -2.87. The molecule has 0 bridgehead atoms. The van der Waals surface area contributed by atoms with Crippen molar-refractivity contribution in [2.75, 3.05) is 40.8 Å². The summed E-state index contributed by atoms with van der Waals surface area (Å²) in [6, 6.07) is 8.47. The maximum atomic E-state index is 13.0. The minimum Gasteiger partial charge on any atom is -0.497 e. The van der Waals surface area contributed by atoms with Crippen LogP contribution in [0.1, 0.15) is 29.8 Å². The predicted octanol–water partition coefficient (Wildman–Crippen LogP) is 2.02. The fourth-order valence-corrected chi connectivity index (χ4v) is 3.38. The van der Waals surface area contributed by atoms with Crippen LogP contribution < -0.4 is 10.1 Å². The quantitative estimate of drug-likeness (QED) is 0.765. The molecule has 0 aliphatic carbocycles. The maximum Gasteiger partial charge on any atom is 0.276 e. The molecule has 8 heteroatoms. The number of aromatic nitrogens is 1. The standard InChI is InChI=1S/C21H28N4O4/c1-24(2)13-11-22-20(26)18-6-4-5-12-25(18)21(27)17-14-19(29-23-17)15-7-9-16(28-3)10-8-15/h7-10,14,18H,4-6,11-13H2,1-3H3,(H,22,26). The van der Waals surface area contributed by atoms with Crippen LogP contribution in [0.3, 0.4) is 0 Å². The number of likely N-dealkylation sites (N-methyl/N-ethyl adjacent to an activating group) is 1. The zero-order valence-electron chi connectivity index (χ0n) is 17.2. The van der Waals surface area contributed by atoms with Gasteiger partial charge in [0.05, 0.1) is 7.11 Å². The van der Waals surface area contributed by atoms with Gasteiger partial charge in [-0.05, 0) is 57.6 Å². The highest BCUT2D eigenvalue weighted by atomic mass is 16.5. The lowest BCUT2D eigenvalue weighted by Crippen LogP contribution is -2.52. The molecule has 1 saturated heterocycles. The number of carbonyl (C=O) groups is 2. The summed E-state index contributed by atoms with van der Waals surface area (Å²) < 4.78 is 10.5. The van der Waals surface area contributed by atoms with Crippen molar-refractivity contribution in [3.63, 3.8) is 0 Å². The molecule has 156 valence electrons. The van der Waals surface area contributed by atoms with Gasteiger partial charge in [0.15, 0.2) is 11.5 Å². The van der Waals surface area contributed by atoms with E-state index in [-0.39, 0.29) is 17.5 Å². The average Bonchev–Trinajstić information content (AvgIpc) is 3.23. The Bertz CT molecular complexity index is 831. The van der Waals surface area contributed by atoms with Crippen LogP contribution in [-0.4, -0.2) is 73.7 Å². The third-order valence-electron chi connectivity index (χ3n) is 5.03. The Kier molecular flexibility index (Phi) is 6.87. The summed E-state index contributed by atoms with van der Waals surface area (Å²) in [5, 5.41) is 6.89. The lowest BCUT2D eigenvalue weighted by atomic mass is 10.0. The van der Waals surface area contributed by atoms with Crippen LogP contribution in [0.5, 0.6) is 5.75 Å². The number of methoxy groups -OCH3 is 1. The number of carbonyl (C=O) groups excluding carboxylic acids is 2. The molecule has 3 rings (SSSR count). The number of nitrogens with one attached hydrogen (secondary N) is 1. The van der Waals surface area contributed by atoms with E-state index in [9.17, 15) is 9.59 Å². The first-order chi connectivity index (χ1) is 14.0. The van der Waals surface area contributed by atoms with Crippen LogP contribution in [0.2, 0.25) is 0 Å². The van der Waals surface area contributed by atoms with E-state index in [2.05, 4.69) is 10.5 Å². The molecule has 0 radical (unpaired) electrons. The number of benzene rings is 1. The lowest BCUT2D eigenvalue weighted by molar-refractivity contribution is -0.126. The molecule has 2 amide bonds. The van der Waals surface area contributed by atoms with Crippen molar-refractivity contribution < 1.29 is 18.8 Å². The maximum absolute atomic E-state index is 13.0. The van der Waals surface area contributed by atoms with Crippen LogP contribution >= 0.6 is 0 Å². The van der Waals surface area contributed by atoms with Crippen LogP contribution in [0.25, 0.3) is 11.3 Å². The summed E-state index contributed by atoms with van der Waals surface area (Å²) in [6.07, 6.45) is 2.45. The highest BCUT2D eigenvalue weighted by Crippen LogP contribution is 2.25. The highest BCUT2D eigenvalue weighted by molar-refractivity contribution is 5.96. The van der Waals surface area contributed by atoms with Gasteiger partial charge in [0.2, 0.25) is 5.91 Å². The van der Waals surface area contributed by atoms with Gasteiger partial charge in [0.25, 0.3) is 5.91 Å². The summed E-state index contributed by atoms with van der Waals surface area (Å²) in [6.45, 7) is 1.84. The van der Waals surface area contributed by atoms with Gasteiger partial charge < -0.3 is 24.4 Å². The van der Waals surface area contributed by atoms with E-state index in [1.54, 1.807) is 18.1 Å². The van der Waals surface area contributed by atoms with Crippen LogP contribution in [0, 0.1) is 0 Å². The third kappa shape index (κ3) is 5.14. The van der Waals surface area contributed by atoms with E-state index in [1.807, 2.05) is 43.3 Å². The molecule has 1 unspecified atom stereocenters. The van der Waals surface area contributed by atoms with Gasteiger partial charge in [0, 0.05) is 31.3 Å². The van der Waals surface area contributed by atoms with Crippen molar-refractivity contribution >= 4 is 11.8 Å². The topological polar surface area (TPSA) is 87.9 Å². The molecule has 0 spiro atoms. The molecular formula is C21H28N4O4. The van der Waals surface area contributed by atoms with Gasteiger partial charge >= 0.3 is 0 Å². The molecule has 0 saturated carbocycles. The first-order valence-electron chi connectivity index (χ1n) is 9.84. The fraction of sp³-hybridized carbons (Fsp3) is 0.476. The Morgan fingerprint density at radius 2 is 2.03 bits per heavy atom. The van der Waals surface area contributed by atoms with Crippen molar-refractivity contribution in [2.24, 2.45) is 0 Å². The molecule has 1 aliphatic rings. The zero-order chi connectivity index (χ0) is 20.8. The second-order valence-corrected chi connectivity index (χ2v) is 7.41. The van der Waals surface area contributed by atoms with Gasteiger partial charge in [-0.1, -0.05) is 5.16 Å². The second-order valence-electron chi connectivity index (χ2n) is 7.41. The zero-order valence-corrected chi connectivity index (χ0v) is 17.2. The smallest absolute Gasteiger partial charge is 0.276 e. The van der Waals surface area contributed by atoms with Crippen LogP contribution in [0.15, 0.2) is 34.9 Å². The number of hydrogen-bond acceptors (Lipinski definition) is 6. The molecular weight excluding hydrogens is 372 g/mol. The number of rotatable bonds is 7. The van der Waals surface area contributed by atoms with E-state index < -0.39 is 6.04 Å². The first-order valence-corrected chi connectivity index (χ1v) is 9.84. The first kappa shape index (κ1) is 20.9. The number of likely N-dealkylation sites (tertiary alicyclic amines) is 1. The molecule has 1 aromatic carbocycles. The summed E-state index contributed by atoms with van der Waals surface area (Å²) in [4.78, 5) is 29.3. The van der Waals surface area contributed by atoms with E-state index in [1.165, 1.54) is 0 Å². The largest absolute Gasteiger partial charge is 0.497 e. The Balaban J connectivity index is 1.70. The predicted molar refractivity (Wildman–Crippen MR) is 109 cm³/mol. The molecule has 1 atom stereocenters. The monoisotopic (exact) mass is 400 g/mol. The molecule has 8 nitrogen and oxygen atoms in total. The molecule has 2 heterocycles. The number of ether oxygens (including phenoxy) is 1. The van der Waals surface area contributed by atoms with Crippen molar-refractivity contribution in [2.45, 2.75) is 25.3 Å². The van der Waals surface area contributed by atoms with Gasteiger partial charge in [-0.2, -0.15) is 0 Å². The summed E-state index contributed by atoms with van der Waals surface area (Å²) in [5.41, 5.74) is 1.01. The summed E-state index contributed by atoms with van der Waals surface area (Å²) in [7, 11) is 5.51. The highest BCUT2D eigenvalue weighted by Gasteiger charge is 2.33. The van der Waals surface area contributed by atoms with Crippen LogP contribution in [-0.2, 0) is 4.79 Å². The molecule has 29 heavy (non-hydrogen) atoms.